The highest BCUT2D eigenvalue weighted by Gasteiger charge is 2.01. The average Bonchev–Trinajstić information content (AvgIpc) is 2.40. The zero-order chi connectivity index (χ0) is 13.1. The van der Waals surface area contributed by atoms with Crippen LogP contribution in [0.25, 0.3) is 0 Å². The van der Waals surface area contributed by atoms with E-state index in [2.05, 4.69) is 24.4 Å². The maximum atomic E-state index is 5.79. The van der Waals surface area contributed by atoms with Gasteiger partial charge < -0.3 is 14.8 Å². The highest BCUT2D eigenvalue weighted by atomic mass is 16.5. The molecule has 18 heavy (non-hydrogen) atoms. The maximum absolute atomic E-state index is 5.79. The molecule has 1 aromatic rings. The van der Waals surface area contributed by atoms with Crippen LogP contribution < -0.4 is 10.1 Å². The van der Waals surface area contributed by atoms with Crippen LogP contribution in [0.1, 0.15) is 32.3 Å². The van der Waals surface area contributed by atoms with Crippen LogP contribution in [-0.4, -0.2) is 26.4 Å². The number of hydrogen-bond acceptors (Lipinski definition) is 3. The van der Waals surface area contributed by atoms with Crippen molar-refractivity contribution in [3.8, 4) is 5.75 Å². The molecule has 0 aliphatic rings. The molecular formula is C15H25NO2. The van der Waals surface area contributed by atoms with Crippen LogP contribution in [0.5, 0.6) is 5.75 Å². The van der Waals surface area contributed by atoms with Gasteiger partial charge in [0.05, 0.1) is 6.61 Å². The lowest BCUT2D eigenvalue weighted by Gasteiger charge is -2.12. The summed E-state index contributed by atoms with van der Waals surface area (Å²) in [6.07, 6.45) is 2.09. The first-order chi connectivity index (χ1) is 8.88. The second-order valence-electron chi connectivity index (χ2n) is 4.18. The molecule has 0 saturated carbocycles. The topological polar surface area (TPSA) is 30.5 Å². The second-order valence-corrected chi connectivity index (χ2v) is 4.18. The van der Waals surface area contributed by atoms with Gasteiger partial charge in [0.2, 0.25) is 0 Å². The molecule has 0 saturated heterocycles. The molecular weight excluding hydrogens is 226 g/mol. The van der Waals surface area contributed by atoms with Crippen molar-refractivity contribution in [3.05, 3.63) is 29.8 Å². The number of benzene rings is 1. The van der Waals surface area contributed by atoms with Gasteiger partial charge in [-0.05, 0) is 26.0 Å². The van der Waals surface area contributed by atoms with E-state index < -0.39 is 0 Å². The summed E-state index contributed by atoms with van der Waals surface area (Å²) < 4.78 is 11.1. The van der Waals surface area contributed by atoms with Crippen molar-refractivity contribution in [1.29, 1.82) is 0 Å². The Kier molecular flexibility index (Phi) is 8.26. The third-order valence-corrected chi connectivity index (χ3v) is 2.61. The van der Waals surface area contributed by atoms with Crippen LogP contribution in [0, 0.1) is 0 Å². The minimum Gasteiger partial charge on any atom is -0.493 e. The van der Waals surface area contributed by atoms with Crippen molar-refractivity contribution in [2.45, 2.75) is 33.2 Å². The number of rotatable bonds is 10. The Labute approximate surface area is 110 Å². The Morgan fingerprint density at radius 2 is 1.94 bits per heavy atom. The summed E-state index contributed by atoms with van der Waals surface area (Å²) in [5, 5.41) is 3.40. The lowest BCUT2D eigenvalue weighted by atomic mass is 10.2. The second kappa shape index (κ2) is 9.92. The normalized spacial score (nSPS) is 10.6. The number of para-hydroxylation sites is 1. The Bertz CT molecular complexity index is 315. The lowest BCUT2D eigenvalue weighted by Crippen LogP contribution is -2.15. The van der Waals surface area contributed by atoms with E-state index in [4.69, 9.17) is 9.47 Å². The first-order valence-corrected chi connectivity index (χ1v) is 6.87. The first kappa shape index (κ1) is 15.0. The van der Waals surface area contributed by atoms with Crippen LogP contribution in [-0.2, 0) is 11.3 Å². The van der Waals surface area contributed by atoms with Gasteiger partial charge in [0.1, 0.15) is 5.75 Å². The fraction of sp³-hybridized carbons (Fsp3) is 0.600. The molecule has 1 aromatic carbocycles. The van der Waals surface area contributed by atoms with Gasteiger partial charge in [-0.25, -0.2) is 0 Å². The Balaban J connectivity index is 2.33. The highest BCUT2D eigenvalue weighted by Crippen LogP contribution is 2.17. The fourth-order valence-corrected chi connectivity index (χ4v) is 1.68. The monoisotopic (exact) mass is 251 g/mol. The average molecular weight is 251 g/mol. The molecule has 0 aliphatic heterocycles. The Morgan fingerprint density at radius 1 is 1.11 bits per heavy atom. The predicted octanol–water partition coefficient (Wildman–Crippen LogP) is 2.99. The number of hydrogen-bond donors (Lipinski definition) is 1. The Hall–Kier alpha value is -1.06. The largest absolute Gasteiger partial charge is 0.493 e. The SMILES string of the molecule is CCCNCc1ccccc1OCCCOCC. The number of ether oxygens (including phenoxy) is 2. The molecule has 0 aliphatic carbocycles. The highest BCUT2D eigenvalue weighted by molar-refractivity contribution is 5.33. The van der Waals surface area contributed by atoms with E-state index in [0.29, 0.717) is 6.61 Å². The molecule has 0 unspecified atom stereocenters. The van der Waals surface area contributed by atoms with Gasteiger partial charge in [-0.1, -0.05) is 25.1 Å². The lowest BCUT2D eigenvalue weighted by molar-refractivity contribution is 0.130. The van der Waals surface area contributed by atoms with Crippen molar-refractivity contribution in [2.75, 3.05) is 26.4 Å². The smallest absolute Gasteiger partial charge is 0.123 e. The van der Waals surface area contributed by atoms with Gasteiger partial charge in [0, 0.05) is 31.7 Å². The quantitative estimate of drug-likeness (QED) is 0.648. The Morgan fingerprint density at radius 3 is 2.72 bits per heavy atom. The van der Waals surface area contributed by atoms with Gasteiger partial charge in [-0.2, -0.15) is 0 Å². The molecule has 0 spiro atoms. The molecule has 0 bridgehead atoms. The van der Waals surface area contributed by atoms with E-state index in [1.807, 2.05) is 19.1 Å². The van der Waals surface area contributed by atoms with Crippen molar-refractivity contribution in [3.63, 3.8) is 0 Å². The molecule has 102 valence electrons. The summed E-state index contributed by atoms with van der Waals surface area (Å²) in [4.78, 5) is 0. The molecule has 0 amide bonds. The van der Waals surface area contributed by atoms with E-state index in [1.54, 1.807) is 0 Å². The summed E-state index contributed by atoms with van der Waals surface area (Å²) in [6, 6.07) is 8.21. The summed E-state index contributed by atoms with van der Waals surface area (Å²) in [6.45, 7) is 8.35. The maximum Gasteiger partial charge on any atom is 0.123 e. The van der Waals surface area contributed by atoms with Crippen molar-refractivity contribution in [1.82, 2.24) is 5.32 Å². The molecule has 3 nitrogen and oxygen atoms in total. The molecule has 3 heteroatoms. The van der Waals surface area contributed by atoms with E-state index in [9.17, 15) is 0 Å². The van der Waals surface area contributed by atoms with Gasteiger partial charge in [0.15, 0.2) is 0 Å². The van der Waals surface area contributed by atoms with Crippen LogP contribution in [0.15, 0.2) is 24.3 Å². The zero-order valence-corrected chi connectivity index (χ0v) is 11.6. The van der Waals surface area contributed by atoms with Gasteiger partial charge in [-0.3, -0.25) is 0 Å². The summed E-state index contributed by atoms with van der Waals surface area (Å²) in [7, 11) is 0. The molecule has 1 N–H and O–H groups in total. The van der Waals surface area contributed by atoms with Crippen molar-refractivity contribution in [2.24, 2.45) is 0 Å². The van der Waals surface area contributed by atoms with Gasteiger partial charge >= 0.3 is 0 Å². The molecule has 0 radical (unpaired) electrons. The predicted molar refractivity (Wildman–Crippen MR) is 75.0 cm³/mol. The summed E-state index contributed by atoms with van der Waals surface area (Å²) >= 11 is 0. The van der Waals surface area contributed by atoms with E-state index in [-0.39, 0.29) is 0 Å². The summed E-state index contributed by atoms with van der Waals surface area (Å²) in [5.41, 5.74) is 1.22. The van der Waals surface area contributed by atoms with E-state index in [1.165, 1.54) is 5.56 Å². The molecule has 0 aromatic heterocycles. The summed E-state index contributed by atoms with van der Waals surface area (Å²) in [5.74, 6) is 0.984. The minimum absolute atomic E-state index is 0.713. The van der Waals surface area contributed by atoms with Gasteiger partial charge in [0.25, 0.3) is 0 Å². The minimum atomic E-state index is 0.713. The molecule has 0 atom stereocenters. The van der Waals surface area contributed by atoms with E-state index >= 15 is 0 Å². The van der Waals surface area contributed by atoms with E-state index in [0.717, 1.165) is 44.9 Å². The van der Waals surface area contributed by atoms with Crippen LogP contribution in [0.4, 0.5) is 0 Å². The third-order valence-electron chi connectivity index (χ3n) is 2.61. The number of nitrogens with one attached hydrogen (secondary N) is 1. The van der Waals surface area contributed by atoms with Gasteiger partial charge in [-0.15, -0.1) is 0 Å². The zero-order valence-electron chi connectivity index (χ0n) is 11.6. The van der Waals surface area contributed by atoms with Crippen LogP contribution >= 0.6 is 0 Å². The fourth-order valence-electron chi connectivity index (χ4n) is 1.68. The molecule has 0 fully saturated rings. The van der Waals surface area contributed by atoms with Crippen LogP contribution in [0.3, 0.4) is 0 Å². The standard InChI is InChI=1S/C15H25NO2/c1-3-10-16-13-14-8-5-6-9-15(14)18-12-7-11-17-4-2/h5-6,8-9,16H,3-4,7,10-13H2,1-2H3. The van der Waals surface area contributed by atoms with Crippen molar-refractivity contribution < 1.29 is 9.47 Å². The van der Waals surface area contributed by atoms with Crippen LogP contribution in [0.2, 0.25) is 0 Å². The first-order valence-electron chi connectivity index (χ1n) is 6.87. The molecule has 0 heterocycles. The van der Waals surface area contributed by atoms with Crippen molar-refractivity contribution >= 4 is 0 Å². The molecule has 1 rings (SSSR count). The third kappa shape index (κ3) is 6.03.